The summed E-state index contributed by atoms with van der Waals surface area (Å²) < 4.78 is 19.7. The van der Waals surface area contributed by atoms with E-state index in [9.17, 15) is 14.3 Å². The van der Waals surface area contributed by atoms with Crippen molar-refractivity contribution in [2.75, 3.05) is 26.2 Å². The van der Waals surface area contributed by atoms with Crippen molar-refractivity contribution in [3.05, 3.63) is 48.0 Å². The molecule has 1 aliphatic heterocycles. The summed E-state index contributed by atoms with van der Waals surface area (Å²) in [4.78, 5) is 17.3. The van der Waals surface area contributed by atoms with Gasteiger partial charge in [-0.3, -0.25) is 9.78 Å². The number of benzene rings is 1. The van der Waals surface area contributed by atoms with Crippen LogP contribution in [0.25, 0.3) is 11.1 Å². The summed E-state index contributed by atoms with van der Waals surface area (Å²) in [6.45, 7) is 4.29. The van der Waals surface area contributed by atoms with Crippen molar-refractivity contribution < 1.29 is 19.0 Å². The van der Waals surface area contributed by atoms with Gasteiger partial charge in [-0.05, 0) is 74.5 Å². The van der Waals surface area contributed by atoms with Gasteiger partial charge >= 0.3 is 0 Å². The molecule has 2 heterocycles. The number of carbonyl (C=O) groups is 1. The minimum absolute atomic E-state index is 0.0938. The Morgan fingerprint density at radius 3 is 2.73 bits per heavy atom. The largest absolute Gasteiger partial charge is 0.491 e. The highest BCUT2D eigenvalue weighted by molar-refractivity contribution is 5.73. The number of ether oxygens (including phenoxy) is 1. The summed E-state index contributed by atoms with van der Waals surface area (Å²) in [6, 6.07) is 6.47. The molecule has 0 radical (unpaired) electrons. The van der Waals surface area contributed by atoms with E-state index in [0.29, 0.717) is 30.2 Å². The highest BCUT2D eigenvalue weighted by Crippen LogP contribution is 2.26. The van der Waals surface area contributed by atoms with E-state index in [1.165, 1.54) is 12.1 Å². The van der Waals surface area contributed by atoms with E-state index in [1.807, 2.05) is 13.0 Å². The number of nitrogens with two attached hydrogens (primary N) is 1. The van der Waals surface area contributed by atoms with E-state index in [-0.39, 0.29) is 12.5 Å². The topological polar surface area (TPSA) is 88.7 Å². The number of pyridine rings is 1. The molecule has 1 fully saturated rings. The van der Waals surface area contributed by atoms with Crippen LogP contribution in [0, 0.1) is 18.7 Å². The Bertz CT molecular complexity index is 853. The van der Waals surface area contributed by atoms with Gasteiger partial charge in [0.1, 0.15) is 24.3 Å². The molecule has 3 N–H and O–H groups in total. The second-order valence-electron chi connectivity index (χ2n) is 8.14. The van der Waals surface area contributed by atoms with Crippen LogP contribution in [0.3, 0.4) is 0 Å². The summed E-state index contributed by atoms with van der Waals surface area (Å²) in [5.41, 5.74) is 7.72. The fourth-order valence-electron chi connectivity index (χ4n) is 3.87. The summed E-state index contributed by atoms with van der Waals surface area (Å²) in [5, 5.41) is 10.4. The second kappa shape index (κ2) is 10.5. The lowest BCUT2D eigenvalue weighted by molar-refractivity contribution is -0.118. The number of aryl methyl sites for hydroxylation is 1. The summed E-state index contributed by atoms with van der Waals surface area (Å²) in [7, 11) is 0. The Morgan fingerprint density at radius 1 is 1.27 bits per heavy atom. The Labute approximate surface area is 176 Å². The van der Waals surface area contributed by atoms with Gasteiger partial charge in [-0.2, -0.15) is 0 Å². The number of carbonyl (C=O) groups excluding carboxylic acids is 1. The first kappa shape index (κ1) is 22.2. The van der Waals surface area contributed by atoms with Crippen LogP contribution in [-0.2, 0) is 4.79 Å². The van der Waals surface area contributed by atoms with Gasteiger partial charge in [0.15, 0.2) is 0 Å². The highest BCUT2D eigenvalue weighted by atomic mass is 19.1. The minimum atomic E-state index is -0.667. The van der Waals surface area contributed by atoms with E-state index in [0.717, 1.165) is 43.5 Å². The Hall–Kier alpha value is -2.51. The van der Waals surface area contributed by atoms with E-state index < -0.39 is 11.9 Å². The average Bonchev–Trinajstić information content (AvgIpc) is 2.71. The molecule has 1 saturated heterocycles. The van der Waals surface area contributed by atoms with E-state index in [4.69, 9.17) is 10.5 Å². The van der Waals surface area contributed by atoms with Crippen LogP contribution in [0.1, 0.15) is 31.2 Å². The quantitative estimate of drug-likeness (QED) is 0.657. The van der Waals surface area contributed by atoms with Crippen molar-refractivity contribution >= 4 is 5.91 Å². The number of primary amides is 1. The van der Waals surface area contributed by atoms with Crippen molar-refractivity contribution in [1.29, 1.82) is 0 Å². The maximum Gasteiger partial charge on any atom is 0.217 e. The zero-order valence-corrected chi connectivity index (χ0v) is 17.4. The molecule has 1 amide bonds. The summed E-state index contributed by atoms with van der Waals surface area (Å²) >= 11 is 0. The Balaban J connectivity index is 1.48. The van der Waals surface area contributed by atoms with Gasteiger partial charge in [-0.15, -0.1) is 0 Å². The molecule has 1 atom stereocenters. The molecule has 1 aromatic carbocycles. The normalized spacial score (nSPS) is 16.4. The molecule has 0 bridgehead atoms. The van der Waals surface area contributed by atoms with Crippen LogP contribution in [0.5, 0.6) is 5.75 Å². The number of aromatic nitrogens is 1. The number of piperidine rings is 1. The smallest absolute Gasteiger partial charge is 0.217 e. The number of amides is 1. The third-order valence-electron chi connectivity index (χ3n) is 5.50. The standard InChI is InChI=1S/C23H30FN3O3/c1-16-8-19(13-26-12-16)18-9-20(24)11-22(10-18)30-15-21(28)14-27-6-4-17(5-7-27)2-3-23(25)29/h8-13,17,21,28H,2-7,14-15H2,1H3,(H2,25,29). The molecule has 6 nitrogen and oxygen atoms in total. The number of aliphatic hydroxyl groups is 1. The van der Waals surface area contributed by atoms with Crippen LogP contribution in [0.2, 0.25) is 0 Å². The second-order valence-corrected chi connectivity index (χ2v) is 8.14. The number of β-amino-alcohol motifs (C(OH)–C–C–N with tert-alkyl or cyclic N) is 1. The van der Waals surface area contributed by atoms with Crippen LogP contribution in [0.4, 0.5) is 4.39 Å². The van der Waals surface area contributed by atoms with Crippen molar-refractivity contribution in [3.8, 4) is 16.9 Å². The fraction of sp³-hybridized carbons (Fsp3) is 0.478. The monoisotopic (exact) mass is 415 g/mol. The van der Waals surface area contributed by atoms with Gasteiger partial charge in [-0.25, -0.2) is 4.39 Å². The van der Waals surface area contributed by atoms with Crippen molar-refractivity contribution in [3.63, 3.8) is 0 Å². The minimum Gasteiger partial charge on any atom is -0.491 e. The van der Waals surface area contributed by atoms with Gasteiger partial charge < -0.3 is 20.5 Å². The molecule has 0 saturated carbocycles. The van der Waals surface area contributed by atoms with E-state index in [1.54, 1.807) is 18.5 Å². The molecule has 7 heteroatoms. The van der Waals surface area contributed by atoms with Crippen molar-refractivity contribution in [1.82, 2.24) is 9.88 Å². The first-order chi connectivity index (χ1) is 14.4. The third-order valence-corrected chi connectivity index (χ3v) is 5.50. The molecule has 30 heavy (non-hydrogen) atoms. The molecule has 0 spiro atoms. The predicted molar refractivity (Wildman–Crippen MR) is 113 cm³/mol. The molecule has 3 rings (SSSR count). The number of nitrogens with zero attached hydrogens (tertiary/aromatic N) is 2. The molecule has 1 unspecified atom stereocenters. The molecule has 1 aromatic heterocycles. The predicted octanol–water partition coefficient (Wildman–Crippen LogP) is 2.91. The Kier molecular flexibility index (Phi) is 7.76. The number of hydrogen-bond donors (Lipinski definition) is 2. The van der Waals surface area contributed by atoms with E-state index >= 15 is 0 Å². The molecular formula is C23H30FN3O3. The number of halogens is 1. The lowest BCUT2D eigenvalue weighted by atomic mass is 9.92. The average molecular weight is 416 g/mol. The van der Waals surface area contributed by atoms with Crippen LogP contribution < -0.4 is 10.5 Å². The third kappa shape index (κ3) is 6.78. The van der Waals surface area contributed by atoms with Crippen LogP contribution >= 0.6 is 0 Å². The summed E-state index contributed by atoms with van der Waals surface area (Å²) in [6.07, 6.45) is 6.05. The Morgan fingerprint density at radius 2 is 2.03 bits per heavy atom. The maximum absolute atomic E-state index is 14.1. The number of hydrogen-bond acceptors (Lipinski definition) is 5. The highest BCUT2D eigenvalue weighted by Gasteiger charge is 2.21. The van der Waals surface area contributed by atoms with Crippen LogP contribution in [0.15, 0.2) is 36.7 Å². The molecule has 2 aromatic rings. The van der Waals surface area contributed by atoms with Crippen molar-refractivity contribution in [2.45, 2.75) is 38.7 Å². The number of rotatable bonds is 9. The van der Waals surface area contributed by atoms with Gasteiger partial charge in [0, 0.05) is 37.0 Å². The molecule has 1 aliphatic rings. The van der Waals surface area contributed by atoms with Gasteiger partial charge in [0.05, 0.1) is 0 Å². The van der Waals surface area contributed by atoms with Crippen molar-refractivity contribution in [2.24, 2.45) is 11.7 Å². The van der Waals surface area contributed by atoms with Gasteiger partial charge in [0.2, 0.25) is 5.91 Å². The maximum atomic E-state index is 14.1. The van der Waals surface area contributed by atoms with Gasteiger partial charge in [-0.1, -0.05) is 0 Å². The zero-order chi connectivity index (χ0) is 21.5. The molecular weight excluding hydrogens is 385 g/mol. The molecule has 162 valence electrons. The lowest BCUT2D eigenvalue weighted by Crippen LogP contribution is -2.40. The fourth-order valence-corrected chi connectivity index (χ4v) is 3.87. The first-order valence-electron chi connectivity index (χ1n) is 10.4. The van der Waals surface area contributed by atoms with Gasteiger partial charge in [0.25, 0.3) is 0 Å². The lowest BCUT2D eigenvalue weighted by Gasteiger charge is -2.33. The summed E-state index contributed by atoms with van der Waals surface area (Å²) in [5.74, 6) is 0.264. The number of likely N-dealkylation sites (tertiary alicyclic amines) is 1. The van der Waals surface area contributed by atoms with Crippen LogP contribution in [-0.4, -0.2) is 53.2 Å². The zero-order valence-electron chi connectivity index (χ0n) is 17.4. The first-order valence-corrected chi connectivity index (χ1v) is 10.4. The number of aliphatic hydroxyl groups excluding tert-OH is 1. The SMILES string of the molecule is Cc1cncc(-c2cc(F)cc(OCC(O)CN3CCC(CCC(N)=O)CC3)c2)c1. The van der Waals surface area contributed by atoms with E-state index in [2.05, 4.69) is 9.88 Å². The molecule has 0 aliphatic carbocycles.